The number of ether oxygens (including phenoxy) is 2. The van der Waals surface area contributed by atoms with Crippen LogP contribution in [-0.2, 0) is 19.1 Å². The van der Waals surface area contributed by atoms with Gasteiger partial charge in [0.2, 0.25) is 5.91 Å². The molecular weight excluding hydrogens is 312 g/mol. The summed E-state index contributed by atoms with van der Waals surface area (Å²) in [6.07, 6.45) is 1.93. The molecule has 2 rings (SSSR count). The lowest BCUT2D eigenvalue weighted by atomic mass is 10.2. The molecule has 1 N–H and O–H groups in total. The predicted octanol–water partition coefficient (Wildman–Crippen LogP) is 2.10. The molecule has 0 atom stereocenters. The standard InChI is InChI=1S/C17H22N2O5/c1-3-4-9-19-13-10-12(5-6-14(13)24-11-16(19)21)18-15(20)7-8-17(22)23-2/h5-6,10H,3-4,7-9,11H2,1-2H3,(H,18,20). The van der Waals surface area contributed by atoms with Crippen molar-refractivity contribution in [1.29, 1.82) is 0 Å². The van der Waals surface area contributed by atoms with Crippen LogP contribution >= 0.6 is 0 Å². The number of carbonyl (C=O) groups is 3. The minimum Gasteiger partial charge on any atom is -0.482 e. The number of nitrogens with one attached hydrogen (secondary N) is 1. The highest BCUT2D eigenvalue weighted by atomic mass is 16.5. The Morgan fingerprint density at radius 2 is 2.12 bits per heavy atom. The molecule has 1 aliphatic heterocycles. The monoisotopic (exact) mass is 334 g/mol. The molecule has 24 heavy (non-hydrogen) atoms. The average molecular weight is 334 g/mol. The van der Waals surface area contributed by atoms with Crippen LogP contribution in [0.3, 0.4) is 0 Å². The largest absolute Gasteiger partial charge is 0.482 e. The third-order valence-corrected chi connectivity index (χ3v) is 3.70. The lowest BCUT2D eigenvalue weighted by molar-refractivity contribution is -0.141. The second kappa shape index (κ2) is 8.33. The van der Waals surface area contributed by atoms with Crippen LogP contribution in [0.5, 0.6) is 5.75 Å². The van der Waals surface area contributed by atoms with Gasteiger partial charge in [-0.15, -0.1) is 0 Å². The zero-order chi connectivity index (χ0) is 17.5. The van der Waals surface area contributed by atoms with Crippen LogP contribution in [0.2, 0.25) is 0 Å². The minimum absolute atomic E-state index is 0.0253. The van der Waals surface area contributed by atoms with Crippen molar-refractivity contribution in [2.45, 2.75) is 32.6 Å². The zero-order valence-corrected chi connectivity index (χ0v) is 14.0. The van der Waals surface area contributed by atoms with E-state index in [1.807, 2.05) is 0 Å². The number of rotatable bonds is 7. The van der Waals surface area contributed by atoms with Crippen LogP contribution in [-0.4, -0.2) is 38.0 Å². The van der Waals surface area contributed by atoms with Gasteiger partial charge in [0.25, 0.3) is 5.91 Å². The Morgan fingerprint density at radius 3 is 2.83 bits per heavy atom. The minimum atomic E-state index is -0.430. The third-order valence-electron chi connectivity index (χ3n) is 3.70. The van der Waals surface area contributed by atoms with Gasteiger partial charge in [0, 0.05) is 18.7 Å². The van der Waals surface area contributed by atoms with Crippen LogP contribution in [0.1, 0.15) is 32.6 Å². The molecular formula is C17H22N2O5. The van der Waals surface area contributed by atoms with Gasteiger partial charge in [-0.3, -0.25) is 14.4 Å². The molecule has 1 aromatic rings. The van der Waals surface area contributed by atoms with Gasteiger partial charge in [-0.2, -0.15) is 0 Å². The predicted molar refractivity (Wildman–Crippen MR) is 89.1 cm³/mol. The van der Waals surface area contributed by atoms with E-state index in [1.54, 1.807) is 23.1 Å². The van der Waals surface area contributed by atoms with Gasteiger partial charge in [-0.05, 0) is 24.6 Å². The Kier molecular flexibility index (Phi) is 6.17. The van der Waals surface area contributed by atoms with Crippen molar-refractivity contribution in [2.75, 3.05) is 30.5 Å². The number of nitrogens with zero attached hydrogens (tertiary/aromatic N) is 1. The van der Waals surface area contributed by atoms with Gasteiger partial charge in [-0.1, -0.05) is 13.3 Å². The molecule has 130 valence electrons. The van der Waals surface area contributed by atoms with Gasteiger partial charge in [0.15, 0.2) is 6.61 Å². The van der Waals surface area contributed by atoms with Crippen molar-refractivity contribution in [1.82, 2.24) is 0 Å². The molecule has 0 bridgehead atoms. The van der Waals surface area contributed by atoms with E-state index in [2.05, 4.69) is 17.0 Å². The SMILES string of the molecule is CCCCN1C(=O)COc2ccc(NC(=O)CCC(=O)OC)cc21. The number of unbranched alkanes of at least 4 members (excludes halogenated alkanes) is 1. The lowest BCUT2D eigenvalue weighted by Crippen LogP contribution is -2.39. The molecule has 0 unspecified atom stereocenters. The van der Waals surface area contributed by atoms with E-state index in [0.717, 1.165) is 12.8 Å². The first-order chi connectivity index (χ1) is 11.5. The van der Waals surface area contributed by atoms with E-state index in [0.29, 0.717) is 23.7 Å². The maximum absolute atomic E-state index is 12.1. The fourth-order valence-electron chi connectivity index (χ4n) is 2.38. The second-order valence-corrected chi connectivity index (χ2v) is 5.49. The van der Waals surface area contributed by atoms with E-state index in [4.69, 9.17) is 4.74 Å². The Bertz CT molecular complexity index is 629. The van der Waals surface area contributed by atoms with Crippen LogP contribution in [0.4, 0.5) is 11.4 Å². The van der Waals surface area contributed by atoms with Gasteiger partial charge >= 0.3 is 5.97 Å². The molecule has 2 amide bonds. The zero-order valence-electron chi connectivity index (χ0n) is 14.0. The molecule has 1 heterocycles. The topological polar surface area (TPSA) is 84.9 Å². The number of methoxy groups -OCH3 is 1. The van der Waals surface area contributed by atoms with Crippen LogP contribution in [0.25, 0.3) is 0 Å². The molecule has 0 saturated carbocycles. The molecule has 7 heteroatoms. The van der Waals surface area contributed by atoms with Crippen molar-refractivity contribution < 1.29 is 23.9 Å². The lowest BCUT2D eigenvalue weighted by Gasteiger charge is -2.29. The summed E-state index contributed by atoms with van der Waals surface area (Å²) in [7, 11) is 1.28. The molecule has 7 nitrogen and oxygen atoms in total. The molecule has 0 fully saturated rings. The quantitative estimate of drug-likeness (QED) is 0.772. The summed E-state index contributed by atoms with van der Waals surface area (Å²) in [4.78, 5) is 36.7. The van der Waals surface area contributed by atoms with Crippen molar-refractivity contribution in [2.24, 2.45) is 0 Å². The average Bonchev–Trinajstić information content (AvgIpc) is 2.58. The number of hydrogen-bond acceptors (Lipinski definition) is 5. The van der Waals surface area contributed by atoms with Gasteiger partial charge in [0.1, 0.15) is 5.75 Å². The fourth-order valence-corrected chi connectivity index (χ4v) is 2.38. The van der Waals surface area contributed by atoms with E-state index in [1.165, 1.54) is 7.11 Å². The van der Waals surface area contributed by atoms with Crippen LogP contribution in [0.15, 0.2) is 18.2 Å². The smallest absolute Gasteiger partial charge is 0.306 e. The van der Waals surface area contributed by atoms with Crippen LogP contribution < -0.4 is 15.0 Å². The van der Waals surface area contributed by atoms with Gasteiger partial charge < -0.3 is 19.7 Å². The molecule has 0 aromatic heterocycles. The number of anilines is 2. The molecule has 0 saturated heterocycles. The van der Waals surface area contributed by atoms with Crippen molar-refractivity contribution in [3.05, 3.63) is 18.2 Å². The van der Waals surface area contributed by atoms with E-state index >= 15 is 0 Å². The van der Waals surface area contributed by atoms with Gasteiger partial charge in [-0.25, -0.2) is 0 Å². The number of hydrogen-bond donors (Lipinski definition) is 1. The number of amides is 2. The van der Waals surface area contributed by atoms with Crippen molar-refractivity contribution >= 4 is 29.2 Å². The first-order valence-corrected chi connectivity index (χ1v) is 7.99. The summed E-state index contributed by atoms with van der Waals surface area (Å²) >= 11 is 0. The molecule has 0 spiro atoms. The van der Waals surface area contributed by atoms with Crippen molar-refractivity contribution in [3.8, 4) is 5.75 Å². The first kappa shape index (κ1) is 17.8. The Morgan fingerprint density at radius 1 is 1.33 bits per heavy atom. The number of esters is 1. The highest BCUT2D eigenvalue weighted by molar-refractivity contribution is 5.99. The fraction of sp³-hybridized carbons (Fsp3) is 0.471. The number of benzene rings is 1. The van der Waals surface area contributed by atoms with Crippen LogP contribution in [0, 0.1) is 0 Å². The maximum atomic E-state index is 12.1. The Hall–Kier alpha value is -2.57. The van der Waals surface area contributed by atoms with Crippen molar-refractivity contribution in [3.63, 3.8) is 0 Å². The summed E-state index contributed by atoms with van der Waals surface area (Å²) in [6, 6.07) is 5.16. The summed E-state index contributed by atoms with van der Waals surface area (Å²) in [5.41, 5.74) is 1.22. The van der Waals surface area contributed by atoms with Gasteiger partial charge in [0.05, 0.1) is 19.2 Å². The number of carbonyl (C=O) groups excluding carboxylic acids is 3. The molecule has 1 aromatic carbocycles. The summed E-state index contributed by atoms with van der Waals surface area (Å²) in [5.74, 6) is -0.188. The highest BCUT2D eigenvalue weighted by Gasteiger charge is 2.25. The van der Waals surface area contributed by atoms with E-state index in [-0.39, 0.29) is 31.3 Å². The van der Waals surface area contributed by atoms with E-state index < -0.39 is 5.97 Å². The Balaban J connectivity index is 2.08. The number of fused-ring (bicyclic) bond motifs is 1. The maximum Gasteiger partial charge on any atom is 0.306 e. The first-order valence-electron chi connectivity index (χ1n) is 7.99. The molecule has 1 aliphatic rings. The normalized spacial score (nSPS) is 13.1. The highest BCUT2D eigenvalue weighted by Crippen LogP contribution is 2.34. The van der Waals surface area contributed by atoms with E-state index in [9.17, 15) is 14.4 Å². The summed E-state index contributed by atoms with van der Waals surface area (Å²) in [6.45, 7) is 2.71. The molecule has 0 radical (unpaired) electrons. The summed E-state index contributed by atoms with van der Waals surface area (Å²) in [5, 5.41) is 2.72. The second-order valence-electron chi connectivity index (χ2n) is 5.49. The molecule has 0 aliphatic carbocycles. The summed E-state index contributed by atoms with van der Waals surface area (Å²) < 4.78 is 9.94. The Labute approximate surface area is 140 Å². The third kappa shape index (κ3) is 4.47.